The summed E-state index contributed by atoms with van der Waals surface area (Å²) in [5.41, 5.74) is -0.454. The van der Waals surface area contributed by atoms with Gasteiger partial charge in [-0.1, -0.05) is 35.9 Å². The lowest BCUT2D eigenvalue weighted by Gasteiger charge is -2.24. The normalized spacial score (nSPS) is 22.6. The van der Waals surface area contributed by atoms with Crippen LogP contribution in [0.25, 0.3) is 0 Å². The number of amides is 1. The van der Waals surface area contributed by atoms with Crippen LogP contribution in [0.2, 0.25) is 0 Å². The Balaban J connectivity index is 2.24. The Morgan fingerprint density at radius 2 is 1.95 bits per heavy atom. The van der Waals surface area contributed by atoms with Gasteiger partial charge in [-0.2, -0.15) is 0 Å². The van der Waals surface area contributed by atoms with E-state index in [0.717, 1.165) is 19.4 Å². The lowest BCUT2D eigenvalue weighted by molar-refractivity contribution is 0.00418. The fourth-order valence-corrected chi connectivity index (χ4v) is 2.88. The van der Waals surface area contributed by atoms with Gasteiger partial charge in [0.05, 0.1) is 29.8 Å². The average Bonchev–Trinajstić information content (AvgIpc) is 2.73. The maximum Gasteiger partial charge on any atom is 0.410 e. The van der Waals surface area contributed by atoms with Crippen LogP contribution in [0.3, 0.4) is 0 Å². The van der Waals surface area contributed by atoms with Gasteiger partial charge in [-0.15, -0.1) is 0 Å². The fourth-order valence-electron chi connectivity index (χ4n) is 1.97. The molecule has 1 fully saturated rings. The maximum atomic E-state index is 12.0. The summed E-state index contributed by atoms with van der Waals surface area (Å²) in [6, 6.07) is 0. The third kappa shape index (κ3) is 7.65. The maximum absolute atomic E-state index is 12.0. The van der Waals surface area contributed by atoms with Crippen LogP contribution in [0.15, 0.2) is 0 Å². The number of unbranched alkanes of at least 4 members (excludes halogenated alkanes) is 1. The van der Waals surface area contributed by atoms with E-state index in [1.54, 1.807) is 4.90 Å². The first kappa shape index (κ1) is 19.0. The smallest absolute Gasteiger partial charge is 0.410 e. The van der Waals surface area contributed by atoms with Gasteiger partial charge in [0, 0.05) is 13.2 Å². The van der Waals surface area contributed by atoms with Crippen molar-refractivity contribution in [3.63, 3.8) is 0 Å². The van der Waals surface area contributed by atoms with E-state index in [0.29, 0.717) is 30.2 Å². The molecule has 5 nitrogen and oxygen atoms in total. The van der Waals surface area contributed by atoms with Crippen molar-refractivity contribution >= 4 is 28.7 Å². The molecule has 0 aromatic heterocycles. The van der Waals surface area contributed by atoms with E-state index in [2.05, 4.69) is 29.5 Å². The zero-order chi connectivity index (χ0) is 15.9. The second kappa shape index (κ2) is 9.15. The van der Waals surface area contributed by atoms with Crippen LogP contribution < -0.4 is 0 Å². The van der Waals surface area contributed by atoms with Crippen LogP contribution in [-0.2, 0) is 14.2 Å². The monoisotopic (exact) mass is 413 g/mol. The van der Waals surface area contributed by atoms with Crippen LogP contribution in [0, 0.1) is 0 Å². The number of alkyl halides is 1. The molecular formula is C15H28INO4. The van der Waals surface area contributed by atoms with Gasteiger partial charge in [0.15, 0.2) is 0 Å². The molecule has 21 heavy (non-hydrogen) atoms. The number of hydrogen-bond acceptors (Lipinski definition) is 4. The number of likely N-dealkylation sites (tertiary alicyclic amines) is 1. The van der Waals surface area contributed by atoms with Crippen molar-refractivity contribution in [1.82, 2.24) is 4.90 Å². The Morgan fingerprint density at radius 3 is 2.57 bits per heavy atom. The zero-order valence-corrected chi connectivity index (χ0v) is 15.7. The first-order chi connectivity index (χ1) is 9.83. The fraction of sp³-hybridized carbons (Fsp3) is 0.933. The molecule has 1 heterocycles. The van der Waals surface area contributed by atoms with Crippen LogP contribution in [0.4, 0.5) is 4.79 Å². The summed E-state index contributed by atoms with van der Waals surface area (Å²) in [5.74, 6) is 0. The molecule has 1 aliphatic heterocycles. The van der Waals surface area contributed by atoms with Crippen molar-refractivity contribution in [1.29, 1.82) is 0 Å². The topological polar surface area (TPSA) is 48.0 Å². The van der Waals surface area contributed by atoms with Gasteiger partial charge in [-0.25, -0.2) is 4.79 Å². The van der Waals surface area contributed by atoms with Gasteiger partial charge < -0.3 is 19.1 Å². The van der Waals surface area contributed by atoms with Crippen molar-refractivity contribution in [3.05, 3.63) is 0 Å². The van der Waals surface area contributed by atoms with Gasteiger partial charge in [0.25, 0.3) is 0 Å². The molecule has 0 N–H and O–H groups in total. The molecule has 1 amide bonds. The molecule has 0 saturated carbocycles. The Bertz CT molecular complexity index is 319. The number of rotatable bonds is 7. The number of carbonyl (C=O) groups excluding carboxylic acids is 1. The number of hydrogen-bond donors (Lipinski definition) is 0. The van der Waals surface area contributed by atoms with E-state index in [1.165, 1.54) is 0 Å². The molecule has 1 rings (SSSR count). The molecule has 0 aromatic rings. The largest absolute Gasteiger partial charge is 0.444 e. The SMILES string of the molecule is CCCCOCCOC1CN(C(=O)OC(C)(C)C)CC1I. The van der Waals surface area contributed by atoms with Crippen LogP contribution in [0.5, 0.6) is 0 Å². The molecule has 2 unspecified atom stereocenters. The van der Waals surface area contributed by atoms with E-state index >= 15 is 0 Å². The number of ether oxygens (including phenoxy) is 3. The van der Waals surface area contributed by atoms with Crippen molar-refractivity contribution in [2.45, 2.75) is 56.2 Å². The molecule has 0 radical (unpaired) electrons. The highest BCUT2D eigenvalue weighted by molar-refractivity contribution is 14.1. The number of halogens is 1. The minimum absolute atomic E-state index is 0.0629. The van der Waals surface area contributed by atoms with Gasteiger partial charge in [-0.3, -0.25) is 0 Å². The minimum Gasteiger partial charge on any atom is -0.444 e. The lowest BCUT2D eigenvalue weighted by atomic mass is 10.2. The Kier molecular flexibility index (Phi) is 8.26. The van der Waals surface area contributed by atoms with Crippen LogP contribution >= 0.6 is 22.6 Å². The third-order valence-corrected chi connectivity index (χ3v) is 4.25. The molecule has 1 saturated heterocycles. The first-order valence-electron chi connectivity index (χ1n) is 7.65. The standard InChI is InChI=1S/C15H28INO4/c1-5-6-7-19-8-9-20-13-11-17(10-12(13)16)14(18)21-15(2,3)4/h12-13H,5-11H2,1-4H3. The highest BCUT2D eigenvalue weighted by atomic mass is 127. The molecule has 124 valence electrons. The molecule has 1 aliphatic rings. The van der Waals surface area contributed by atoms with Crippen molar-refractivity contribution in [2.24, 2.45) is 0 Å². The van der Waals surface area contributed by atoms with Gasteiger partial charge in [0.1, 0.15) is 5.60 Å². The Morgan fingerprint density at radius 1 is 1.24 bits per heavy atom. The lowest BCUT2D eigenvalue weighted by Crippen LogP contribution is -2.36. The van der Waals surface area contributed by atoms with Crippen molar-refractivity contribution < 1.29 is 19.0 Å². The van der Waals surface area contributed by atoms with E-state index in [4.69, 9.17) is 14.2 Å². The molecule has 0 aliphatic carbocycles. The van der Waals surface area contributed by atoms with Gasteiger partial charge in [0.2, 0.25) is 0 Å². The predicted molar refractivity (Wildman–Crippen MR) is 91.1 cm³/mol. The van der Waals surface area contributed by atoms with Gasteiger partial charge in [-0.05, 0) is 27.2 Å². The summed E-state index contributed by atoms with van der Waals surface area (Å²) < 4.78 is 17.0. The summed E-state index contributed by atoms with van der Waals surface area (Å²) in [6.07, 6.45) is 2.04. The Hall–Kier alpha value is -0.0800. The highest BCUT2D eigenvalue weighted by Gasteiger charge is 2.36. The third-order valence-electron chi connectivity index (χ3n) is 3.05. The van der Waals surface area contributed by atoms with Crippen LogP contribution in [-0.4, -0.2) is 59.5 Å². The molecule has 0 bridgehead atoms. The average molecular weight is 413 g/mol. The van der Waals surface area contributed by atoms with Crippen molar-refractivity contribution in [3.8, 4) is 0 Å². The second-order valence-electron chi connectivity index (χ2n) is 6.28. The van der Waals surface area contributed by atoms with E-state index in [9.17, 15) is 4.79 Å². The first-order valence-corrected chi connectivity index (χ1v) is 8.89. The van der Waals surface area contributed by atoms with Gasteiger partial charge >= 0.3 is 6.09 Å². The molecular weight excluding hydrogens is 385 g/mol. The molecule has 2 atom stereocenters. The van der Waals surface area contributed by atoms with E-state index in [-0.39, 0.29) is 12.2 Å². The molecule has 0 spiro atoms. The van der Waals surface area contributed by atoms with E-state index in [1.807, 2.05) is 20.8 Å². The van der Waals surface area contributed by atoms with E-state index < -0.39 is 5.60 Å². The summed E-state index contributed by atoms with van der Waals surface area (Å²) in [5, 5.41) is 0. The number of carbonyl (C=O) groups is 1. The summed E-state index contributed by atoms with van der Waals surface area (Å²) in [4.78, 5) is 13.7. The number of nitrogens with zero attached hydrogens (tertiary/aromatic N) is 1. The zero-order valence-electron chi connectivity index (χ0n) is 13.6. The highest BCUT2D eigenvalue weighted by Crippen LogP contribution is 2.23. The summed E-state index contributed by atoms with van der Waals surface area (Å²) in [6.45, 7) is 11.0. The second-order valence-corrected chi connectivity index (χ2v) is 7.88. The summed E-state index contributed by atoms with van der Waals surface area (Å²) in [7, 11) is 0. The molecule has 6 heteroatoms. The predicted octanol–water partition coefficient (Wildman–Crippen LogP) is 3.24. The Labute approximate surface area is 141 Å². The summed E-state index contributed by atoms with van der Waals surface area (Å²) >= 11 is 2.34. The van der Waals surface area contributed by atoms with Crippen molar-refractivity contribution in [2.75, 3.05) is 32.9 Å². The van der Waals surface area contributed by atoms with Crippen LogP contribution in [0.1, 0.15) is 40.5 Å². The quantitative estimate of drug-likeness (QED) is 0.365. The minimum atomic E-state index is -0.454. The molecule has 0 aromatic carbocycles.